The molecule has 0 radical (unpaired) electrons. The fraction of sp³-hybridized carbons (Fsp3) is 0.417. The summed E-state index contributed by atoms with van der Waals surface area (Å²) in [6.07, 6.45) is 3.42. The first kappa shape index (κ1) is 21.0. The summed E-state index contributed by atoms with van der Waals surface area (Å²) in [5.74, 6) is -0.177. The maximum atomic E-state index is 13.6. The van der Waals surface area contributed by atoms with Crippen molar-refractivity contribution in [1.82, 2.24) is 10.2 Å². The molecule has 0 aromatic heterocycles. The van der Waals surface area contributed by atoms with E-state index in [1.165, 1.54) is 12.1 Å². The van der Waals surface area contributed by atoms with E-state index in [2.05, 4.69) is 5.32 Å². The first-order valence-corrected chi connectivity index (χ1v) is 10.3. The molecular formula is C24H29FN2O2. The third-order valence-electron chi connectivity index (χ3n) is 5.73. The second kappa shape index (κ2) is 9.21. The lowest BCUT2D eigenvalue weighted by atomic mass is 9.74. The fourth-order valence-corrected chi connectivity index (χ4v) is 4.31. The van der Waals surface area contributed by atoms with Gasteiger partial charge in [-0.15, -0.1) is 0 Å². The van der Waals surface area contributed by atoms with Crippen LogP contribution in [0.1, 0.15) is 38.2 Å². The second-order valence-corrected chi connectivity index (χ2v) is 7.92. The number of amides is 2. The standard InChI is InChI=1S/C24H29FN2O2/c1-3-7-22(28)27-13-6-12-24(17-27,23(29)26-2)16-18-8-4-9-19(14-18)20-10-5-11-21(25)15-20/h4-5,8-11,14-15H,3,6-7,12-13,16-17H2,1-2H3,(H,26,29)/t24-/m1/s1. The minimum Gasteiger partial charge on any atom is -0.359 e. The van der Waals surface area contributed by atoms with E-state index in [0.29, 0.717) is 25.9 Å². The van der Waals surface area contributed by atoms with Crippen molar-refractivity contribution in [3.05, 3.63) is 59.9 Å². The lowest BCUT2D eigenvalue weighted by Gasteiger charge is -2.41. The van der Waals surface area contributed by atoms with Crippen LogP contribution in [0.5, 0.6) is 0 Å². The van der Waals surface area contributed by atoms with Crippen molar-refractivity contribution < 1.29 is 14.0 Å². The average molecular weight is 397 g/mol. The van der Waals surface area contributed by atoms with Gasteiger partial charge in [0.15, 0.2) is 0 Å². The Morgan fingerprint density at radius 3 is 2.55 bits per heavy atom. The summed E-state index contributed by atoms with van der Waals surface area (Å²) in [6.45, 7) is 3.14. The van der Waals surface area contributed by atoms with Gasteiger partial charge in [0.05, 0.1) is 5.41 Å². The normalized spacial score (nSPS) is 19.1. The molecule has 0 bridgehead atoms. The minimum absolute atomic E-state index is 0.0253. The van der Waals surface area contributed by atoms with Crippen molar-refractivity contribution in [2.75, 3.05) is 20.1 Å². The molecule has 2 aromatic carbocycles. The Morgan fingerprint density at radius 2 is 1.86 bits per heavy atom. The molecule has 1 saturated heterocycles. The zero-order valence-corrected chi connectivity index (χ0v) is 17.2. The number of hydrogen-bond acceptors (Lipinski definition) is 2. The summed E-state index contributed by atoms with van der Waals surface area (Å²) in [5, 5.41) is 2.81. The highest BCUT2D eigenvalue weighted by Gasteiger charge is 2.42. The van der Waals surface area contributed by atoms with Crippen LogP contribution in [0.25, 0.3) is 11.1 Å². The molecule has 0 unspecified atom stereocenters. The maximum Gasteiger partial charge on any atom is 0.228 e. The quantitative estimate of drug-likeness (QED) is 0.796. The molecule has 2 aromatic rings. The summed E-state index contributed by atoms with van der Waals surface area (Å²) in [7, 11) is 1.65. The van der Waals surface area contributed by atoms with E-state index in [9.17, 15) is 14.0 Å². The van der Waals surface area contributed by atoms with E-state index in [-0.39, 0.29) is 17.6 Å². The molecule has 2 amide bonds. The largest absolute Gasteiger partial charge is 0.359 e. The maximum absolute atomic E-state index is 13.6. The molecule has 3 rings (SSSR count). The van der Waals surface area contributed by atoms with Gasteiger partial charge in [-0.25, -0.2) is 4.39 Å². The van der Waals surface area contributed by atoms with Crippen molar-refractivity contribution in [1.29, 1.82) is 0 Å². The van der Waals surface area contributed by atoms with Crippen molar-refractivity contribution in [3.8, 4) is 11.1 Å². The van der Waals surface area contributed by atoms with Crippen LogP contribution in [-0.4, -0.2) is 36.9 Å². The zero-order chi connectivity index (χ0) is 20.9. The number of halogens is 1. The van der Waals surface area contributed by atoms with Crippen molar-refractivity contribution in [2.45, 2.75) is 39.0 Å². The topological polar surface area (TPSA) is 49.4 Å². The zero-order valence-electron chi connectivity index (χ0n) is 17.2. The number of nitrogens with zero attached hydrogens (tertiary/aromatic N) is 1. The first-order valence-electron chi connectivity index (χ1n) is 10.3. The molecule has 1 fully saturated rings. The lowest BCUT2D eigenvalue weighted by molar-refractivity contribution is -0.141. The van der Waals surface area contributed by atoms with Crippen LogP contribution in [0.4, 0.5) is 4.39 Å². The van der Waals surface area contributed by atoms with E-state index in [0.717, 1.165) is 36.0 Å². The first-order chi connectivity index (χ1) is 14.0. The van der Waals surface area contributed by atoms with Gasteiger partial charge < -0.3 is 10.2 Å². The molecular weight excluding hydrogens is 367 g/mol. The molecule has 1 aliphatic rings. The number of hydrogen-bond donors (Lipinski definition) is 1. The van der Waals surface area contributed by atoms with Crippen LogP contribution in [0.2, 0.25) is 0 Å². The summed E-state index contributed by atoms with van der Waals surface area (Å²) >= 11 is 0. The fourth-order valence-electron chi connectivity index (χ4n) is 4.31. The number of rotatable bonds is 6. The highest BCUT2D eigenvalue weighted by Crippen LogP contribution is 2.35. The molecule has 29 heavy (non-hydrogen) atoms. The van der Waals surface area contributed by atoms with Gasteiger partial charge in [0.25, 0.3) is 0 Å². The molecule has 0 spiro atoms. The van der Waals surface area contributed by atoms with Crippen LogP contribution >= 0.6 is 0 Å². The van der Waals surface area contributed by atoms with Crippen molar-refractivity contribution in [3.63, 3.8) is 0 Å². The van der Waals surface area contributed by atoms with E-state index in [4.69, 9.17) is 0 Å². The van der Waals surface area contributed by atoms with Gasteiger partial charge in [0.2, 0.25) is 11.8 Å². The lowest BCUT2D eigenvalue weighted by Crippen LogP contribution is -2.53. The number of likely N-dealkylation sites (tertiary alicyclic amines) is 1. The molecule has 1 heterocycles. The van der Waals surface area contributed by atoms with Gasteiger partial charge in [0.1, 0.15) is 5.82 Å². The van der Waals surface area contributed by atoms with Crippen LogP contribution < -0.4 is 5.32 Å². The predicted octanol–water partition coefficient (Wildman–Crippen LogP) is 4.19. The molecule has 1 N–H and O–H groups in total. The van der Waals surface area contributed by atoms with E-state index in [1.54, 1.807) is 13.1 Å². The monoisotopic (exact) mass is 396 g/mol. The summed E-state index contributed by atoms with van der Waals surface area (Å²) in [6, 6.07) is 14.4. The predicted molar refractivity (Wildman–Crippen MR) is 113 cm³/mol. The highest BCUT2D eigenvalue weighted by molar-refractivity contribution is 5.85. The van der Waals surface area contributed by atoms with Crippen LogP contribution in [-0.2, 0) is 16.0 Å². The number of benzene rings is 2. The average Bonchev–Trinajstić information content (AvgIpc) is 2.73. The van der Waals surface area contributed by atoms with Gasteiger partial charge in [-0.3, -0.25) is 9.59 Å². The van der Waals surface area contributed by atoms with Gasteiger partial charge in [-0.1, -0.05) is 43.3 Å². The van der Waals surface area contributed by atoms with Gasteiger partial charge in [0, 0.05) is 26.6 Å². The summed E-state index contributed by atoms with van der Waals surface area (Å²) < 4.78 is 13.6. The number of carbonyl (C=O) groups excluding carboxylic acids is 2. The van der Waals surface area contributed by atoms with E-state index < -0.39 is 5.41 Å². The van der Waals surface area contributed by atoms with Crippen LogP contribution in [0, 0.1) is 11.2 Å². The molecule has 0 saturated carbocycles. The van der Waals surface area contributed by atoms with Gasteiger partial charge in [-0.05, 0) is 54.5 Å². The molecule has 1 aliphatic heterocycles. The Kier molecular flexibility index (Phi) is 6.68. The summed E-state index contributed by atoms with van der Waals surface area (Å²) in [5.41, 5.74) is 2.10. The Morgan fingerprint density at radius 1 is 1.14 bits per heavy atom. The smallest absolute Gasteiger partial charge is 0.228 e. The molecule has 1 atom stereocenters. The van der Waals surface area contributed by atoms with Crippen molar-refractivity contribution >= 4 is 11.8 Å². The van der Waals surface area contributed by atoms with Crippen LogP contribution in [0.15, 0.2) is 48.5 Å². The molecule has 5 heteroatoms. The minimum atomic E-state index is -0.642. The summed E-state index contributed by atoms with van der Waals surface area (Å²) in [4.78, 5) is 27.2. The Labute approximate surface area is 172 Å². The highest BCUT2D eigenvalue weighted by atomic mass is 19.1. The number of nitrogens with one attached hydrogen (secondary N) is 1. The third-order valence-corrected chi connectivity index (χ3v) is 5.73. The second-order valence-electron chi connectivity index (χ2n) is 7.92. The number of carbonyl (C=O) groups is 2. The Hall–Kier alpha value is -2.69. The molecule has 4 nitrogen and oxygen atoms in total. The van der Waals surface area contributed by atoms with Gasteiger partial charge >= 0.3 is 0 Å². The van der Waals surface area contributed by atoms with E-state index in [1.807, 2.05) is 42.2 Å². The van der Waals surface area contributed by atoms with E-state index >= 15 is 0 Å². The number of piperidine rings is 1. The Balaban J connectivity index is 1.88. The Bertz CT molecular complexity index is 883. The molecule has 0 aliphatic carbocycles. The van der Waals surface area contributed by atoms with Crippen molar-refractivity contribution in [2.24, 2.45) is 5.41 Å². The SMILES string of the molecule is CCCC(=O)N1CCC[C@](Cc2cccc(-c3cccc(F)c3)c2)(C(=O)NC)C1. The van der Waals surface area contributed by atoms with Crippen LogP contribution in [0.3, 0.4) is 0 Å². The third kappa shape index (κ3) is 4.84. The van der Waals surface area contributed by atoms with Gasteiger partial charge in [-0.2, -0.15) is 0 Å². The molecule has 154 valence electrons.